The fraction of sp³-hybridized carbons (Fsp3) is 0.524. The van der Waals surface area contributed by atoms with Crippen LogP contribution in [0.1, 0.15) is 255 Å². The summed E-state index contributed by atoms with van der Waals surface area (Å²) in [5.41, 5.74) is 0.370. The second kappa shape index (κ2) is 43.7. The summed E-state index contributed by atoms with van der Waals surface area (Å²) in [6, 6.07) is 30.5. The SMILES string of the molecule is CCCCCCOc1cc2c3cc(OCCCCCC)c(OCCCCCC)cc3c3cc(OCCCCCCCCC(=O)Oc4ccc(C(=O)Oc5ccc(C(=O)Oc6ccc(OCCCCC)cc6)cc5)c(Cl)c4)c(OCCCCCC)cc3c2cc1OCCCCCC. The number of carbonyl (C=O) groups is 3. The maximum atomic E-state index is 13.2. The molecule has 0 amide bonds. The van der Waals surface area contributed by atoms with E-state index in [1.165, 1.54) is 68.1 Å². The average Bonchev–Trinajstić information content (AvgIpc) is 0.728. The Kier molecular flexibility index (Phi) is 34.6. The summed E-state index contributed by atoms with van der Waals surface area (Å²) in [6.45, 7) is 17.5. The van der Waals surface area contributed by atoms with E-state index in [1.807, 2.05) is 0 Å². The van der Waals surface area contributed by atoms with Crippen molar-refractivity contribution in [2.45, 2.75) is 234 Å². The van der Waals surface area contributed by atoms with Gasteiger partial charge in [-0.2, -0.15) is 0 Å². The Labute approximate surface area is 577 Å². The summed E-state index contributed by atoms with van der Waals surface area (Å²) in [6.07, 6.45) is 30.8. The normalized spacial score (nSPS) is 11.3. The van der Waals surface area contributed by atoms with Crippen LogP contribution >= 0.6 is 11.6 Å². The summed E-state index contributed by atoms with van der Waals surface area (Å²) >= 11 is 6.52. The quantitative estimate of drug-likeness (QED) is 0.0155. The van der Waals surface area contributed by atoms with E-state index in [0.29, 0.717) is 64.2 Å². The molecule has 7 aromatic rings. The molecule has 522 valence electrons. The van der Waals surface area contributed by atoms with Crippen molar-refractivity contribution < 1.29 is 61.8 Å². The molecule has 0 fully saturated rings. The number of rotatable bonds is 50. The molecule has 0 unspecified atom stereocenters. The molecule has 0 atom stereocenters. The molecule has 0 N–H and O–H groups in total. The van der Waals surface area contributed by atoms with Gasteiger partial charge >= 0.3 is 17.9 Å². The van der Waals surface area contributed by atoms with Gasteiger partial charge < -0.3 is 47.4 Å². The largest absolute Gasteiger partial charge is 0.494 e. The smallest absolute Gasteiger partial charge is 0.345 e. The molecule has 0 aromatic heterocycles. The lowest BCUT2D eigenvalue weighted by atomic mass is 9.93. The first kappa shape index (κ1) is 76.0. The average molecular weight is 1340 g/mol. The maximum Gasteiger partial charge on any atom is 0.345 e. The van der Waals surface area contributed by atoms with Gasteiger partial charge in [0.1, 0.15) is 23.0 Å². The molecule has 0 saturated carbocycles. The summed E-state index contributed by atoms with van der Waals surface area (Å²) in [5.74, 6) is 4.38. The first-order chi connectivity index (χ1) is 47.1. The Morgan fingerprint density at radius 3 is 0.927 bits per heavy atom. The summed E-state index contributed by atoms with van der Waals surface area (Å²) in [4.78, 5) is 39.0. The van der Waals surface area contributed by atoms with Crippen molar-refractivity contribution in [2.24, 2.45) is 0 Å². The number of esters is 3. The van der Waals surface area contributed by atoms with Gasteiger partial charge in [0.15, 0.2) is 34.5 Å². The van der Waals surface area contributed by atoms with Gasteiger partial charge in [0.05, 0.1) is 62.4 Å². The number of carbonyl (C=O) groups excluding carboxylic acids is 3. The predicted molar refractivity (Wildman–Crippen MR) is 390 cm³/mol. The Morgan fingerprint density at radius 1 is 0.281 bits per heavy atom. The van der Waals surface area contributed by atoms with Crippen LogP contribution in [0.15, 0.2) is 103 Å². The van der Waals surface area contributed by atoms with E-state index in [-0.39, 0.29) is 40.0 Å². The van der Waals surface area contributed by atoms with E-state index in [9.17, 15) is 14.4 Å². The zero-order valence-electron chi connectivity index (χ0n) is 58.7. The topological polar surface area (TPSA) is 144 Å². The van der Waals surface area contributed by atoms with Gasteiger partial charge in [-0.1, -0.05) is 188 Å². The molecule has 13 nitrogen and oxygen atoms in total. The highest BCUT2D eigenvalue weighted by Gasteiger charge is 2.22. The molecule has 0 aliphatic heterocycles. The number of halogens is 1. The molecule has 14 heteroatoms. The molecule has 7 aromatic carbocycles. The number of fused-ring (bicyclic) bond motifs is 6. The van der Waals surface area contributed by atoms with E-state index in [1.54, 1.807) is 24.3 Å². The summed E-state index contributed by atoms with van der Waals surface area (Å²) in [5, 5.41) is 6.39. The van der Waals surface area contributed by atoms with Crippen LogP contribution in [0, 0.1) is 0 Å². The Balaban J connectivity index is 0.986. The van der Waals surface area contributed by atoms with Crippen molar-refractivity contribution in [1.82, 2.24) is 0 Å². The Morgan fingerprint density at radius 2 is 0.562 bits per heavy atom. The number of ether oxygens (including phenoxy) is 10. The third-order valence-corrected chi connectivity index (χ3v) is 17.5. The summed E-state index contributed by atoms with van der Waals surface area (Å²) in [7, 11) is 0. The highest BCUT2D eigenvalue weighted by atomic mass is 35.5. The molecule has 0 heterocycles. The fourth-order valence-electron chi connectivity index (χ4n) is 11.5. The minimum Gasteiger partial charge on any atom is -0.494 e. The van der Waals surface area contributed by atoms with Crippen LogP contribution in [-0.2, 0) is 4.79 Å². The van der Waals surface area contributed by atoms with Gasteiger partial charge in [-0.25, -0.2) is 9.59 Å². The van der Waals surface area contributed by atoms with Crippen LogP contribution in [0.3, 0.4) is 0 Å². The molecular weight excluding hydrogens is 1230 g/mol. The van der Waals surface area contributed by atoms with Crippen molar-refractivity contribution in [1.29, 1.82) is 0 Å². The number of hydrogen-bond acceptors (Lipinski definition) is 13. The highest BCUT2D eigenvalue weighted by Crippen LogP contribution is 2.48. The third kappa shape index (κ3) is 25.2. The van der Waals surface area contributed by atoms with Gasteiger partial charge in [0.2, 0.25) is 0 Å². The fourth-order valence-corrected chi connectivity index (χ4v) is 11.8. The van der Waals surface area contributed by atoms with Gasteiger partial charge in [0, 0.05) is 12.5 Å². The first-order valence-corrected chi connectivity index (χ1v) is 37.0. The minimum atomic E-state index is -0.706. The second-order valence-electron chi connectivity index (χ2n) is 25.2. The van der Waals surface area contributed by atoms with Crippen LogP contribution in [0.25, 0.3) is 32.3 Å². The predicted octanol–water partition coefficient (Wildman–Crippen LogP) is 23.3. The van der Waals surface area contributed by atoms with Gasteiger partial charge in [0.25, 0.3) is 0 Å². The van der Waals surface area contributed by atoms with Gasteiger partial charge in [-0.05, 0) is 181 Å². The molecule has 0 aliphatic carbocycles. The van der Waals surface area contributed by atoms with Gasteiger partial charge in [-0.15, -0.1) is 0 Å². The zero-order valence-corrected chi connectivity index (χ0v) is 59.4. The van der Waals surface area contributed by atoms with Crippen LogP contribution in [-0.4, -0.2) is 64.2 Å². The molecule has 0 aliphatic rings. The van der Waals surface area contributed by atoms with Crippen molar-refractivity contribution in [3.05, 3.63) is 119 Å². The number of hydrogen-bond donors (Lipinski definition) is 0. The van der Waals surface area contributed by atoms with E-state index >= 15 is 0 Å². The van der Waals surface area contributed by atoms with E-state index < -0.39 is 11.9 Å². The Bertz CT molecular complexity index is 3380. The monoisotopic (exact) mass is 1340 g/mol. The van der Waals surface area contributed by atoms with Crippen LogP contribution < -0.4 is 47.4 Å². The molecule has 0 saturated heterocycles. The van der Waals surface area contributed by atoms with Crippen LogP contribution in [0.4, 0.5) is 0 Å². The first-order valence-electron chi connectivity index (χ1n) is 36.7. The van der Waals surface area contributed by atoms with E-state index in [2.05, 4.69) is 77.9 Å². The minimum absolute atomic E-state index is 0.0709. The van der Waals surface area contributed by atoms with Gasteiger partial charge in [-0.3, -0.25) is 4.79 Å². The third-order valence-electron chi connectivity index (χ3n) is 17.2. The second-order valence-corrected chi connectivity index (χ2v) is 25.7. The van der Waals surface area contributed by atoms with E-state index in [4.69, 9.17) is 59.0 Å². The van der Waals surface area contributed by atoms with Crippen molar-refractivity contribution in [2.75, 3.05) is 46.2 Å². The lowest BCUT2D eigenvalue weighted by Gasteiger charge is -2.21. The number of unbranched alkanes of at least 4 members (excludes halogenated alkanes) is 22. The van der Waals surface area contributed by atoms with Crippen LogP contribution in [0.5, 0.6) is 57.5 Å². The van der Waals surface area contributed by atoms with Crippen LogP contribution in [0.2, 0.25) is 5.02 Å². The lowest BCUT2D eigenvalue weighted by Crippen LogP contribution is -2.11. The van der Waals surface area contributed by atoms with Crippen molar-refractivity contribution in [3.63, 3.8) is 0 Å². The van der Waals surface area contributed by atoms with Crippen molar-refractivity contribution >= 4 is 61.8 Å². The molecule has 0 spiro atoms. The molecule has 0 bridgehead atoms. The molecular formula is C82H109ClO13. The standard InChI is InChI=1S/C82H109ClO13/c1-7-13-19-30-48-88-74-55-67-68-56-75(89-49-31-20-14-8-2)77(91-51-33-22-16-10-4)58-70(68)72-60-79(78(92-52-34-23-17-11-5)59-71(72)69(67)57-76(74)90-50-32-21-15-9-3)93-53-35-27-25-24-26-28-36-80(84)94-65-45-46-66(73(83)54-65)82(86)96-63-39-37-61(38-40-63)81(85)95-64-43-41-62(42-44-64)87-47-29-18-12-6/h37-46,54-60H,7-36,47-53H2,1-6H3. The summed E-state index contributed by atoms with van der Waals surface area (Å²) < 4.78 is 62.8. The van der Waals surface area contributed by atoms with E-state index in [0.717, 1.165) is 221 Å². The molecule has 96 heavy (non-hydrogen) atoms. The highest BCUT2D eigenvalue weighted by molar-refractivity contribution is 6.33. The zero-order chi connectivity index (χ0) is 68.0. The lowest BCUT2D eigenvalue weighted by molar-refractivity contribution is -0.134. The Hall–Kier alpha value is -7.38. The van der Waals surface area contributed by atoms with Crippen molar-refractivity contribution in [3.8, 4) is 57.5 Å². The maximum absolute atomic E-state index is 13.2. The molecule has 0 radical (unpaired) electrons. The number of benzene rings is 7. The molecule has 7 rings (SSSR count).